The van der Waals surface area contributed by atoms with Crippen LogP contribution < -0.4 is 10.6 Å². The Balaban J connectivity index is 1.21. The first-order valence-corrected chi connectivity index (χ1v) is 12.3. The molecule has 0 radical (unpaired) electrons. The van der Waals surface area contributed by atoms with Crippen LogP contribution in [0.1, 0.15) is 45.0 Å². The number of hydrogen-bond donors (Lipinski definition) is 3. The summed E-state index contributed by atoms with van der Waals surface area (Å²) in [7, 11) is 1.37. The quantitative estimate of drug-likeness (QED) is 0.312. The number of carbonyl (C=O) groups is 2. The van der Waals surface area contributed by atoms with E-state index in [-0.39, 0.29) is 6.03 Å². The molecule has 1 aliphatic carbocycles. The second-order valence-electron chi connectivity index (χ2n) is 8.38. The van der Waals surface area contributed by atoms with E-state index in [9.17, 15) is 9.59 Å². The van der Waals surface area contributed by atoms with Gasteiger partial charge in [0.05, 0.1) is 23.7 Å². The molecule has 0 fully saturated rings. The van der Waals surface area contributed by atoms with E-state index >= 15 is 0 Å². The van der Waals surface area contributed by atoms with Gasteiger partial charge in [0, 0.05) is 17.0 Å². The molecule has 0 saturated heterocycles. The largest absolute Gasteiger partial charge is 0.465 e. The van der Waals surface area contributed by atoms with Crippen molar-refractivity contribution in [1.82, 2.24) is 9.97 Å². The number of esters is 1. The van der Waals surface area contributed by atoms with E-state index in [1.807, 2.05) is 48.5 Å². The molecule has 0 spiro atoms. The van der Waals surface area contributed by atoms with Crippen LogP contribution in [0.2, 0.25) is 0 Å². The number of ether oxygens (including phenoxy) is 1. The topological polar surface area (TPSA) is 96.1 Å². The lowest BCUT2D eigenvalue weighted by Gasteiger charge is -2.12. The van der Waals surface area contributed by atoms with Gasteiger partial charge in [-0.1, -0.05) is 24.3 Å². The minimum Gasteiger partial charge on any atom is -0.465 e. The molecule has 2 aromatic carbocycles. The number of para-hydroxylation sites is 2. The van der Waals surface area contributed by atoms with E-state index in [1.165, 1.54) is 18.4 Å². The zero-order valence-corrected chi connectivity index (χ0v) is 19.8. The third-order valence-electron chi connectivity index (χ3n) is 6.09. The molecule has 0 bridgehead atoms. The van der Waals surface area contributed by atoms with Gasteiger partial charge >= 0.3 is 12.0 Å². The van der Waals surface area contributed by atoms with Gasteiger partial charge in [0.15, 0.2) is 0 Å². The number of methoxy groups -OCH3 is 1. The van der Waals surface area contributed by atoms with E-state index in [0.29, 0.717) is 16.3 Å². The van der Waals surface area contributed by atoms with Crippen LogP contribution in [-0.2, 0) is 30.4 Å². The zero-order valence-electron chi connectivity index (χ0n) is 18.9. The molecule has 0 unspecified atom stereocenters. The van der Waals surface area contributed by atoms with E-state index < -0.39 is 5.97 Å². The molecule has 1 aliphatic rings. The molecule has 174 valence electrons. The molecule has 7 nitrogen and oxygen atoms in total. The summed E-state index contributed by atoms with van der Waals surface area (Å²) in [5.74, 6) is 0.561. The van der Waals surface area contributed by atoms with Crippen LogP contribution in [0.4, 0.5) is 15.5 Å². The number of H-pyrrole nitrogens is 1. The summed E-state index contributed by atoms with van der Waals surface area (Å²) in [4.78, 5) is 34.2. The predicted molar refractivity (Wildman–Crippen MR) is 135 cm³/mol. The maximum absolute atomic E-state index is 12.7. The van der Waals surface area contributed by atoms with Crippen molar-refractivity contribution in [3.05, 3.63) is 75.9 Å². The van der Waals surface area contributed by atoms with Gasteiger partial charge in [-0.2, -0.15) is 0 Å². The van der Waals surface area contributed by atoms with Gasteiger partial charge in [-0.3, -0.25) is 5.32 Å². The summed E-state index contributed by atoms with van der Waals surface area (Å²) in [5, 5.41) is 6.27. The maximum Gasteiger partial charge on any atom is 0.341 e. The molecule has 0 saturated carbocycles. The number of carbonyl (C=O) groups excluding carboxylic acids is 2. The number of hydrogen-bond acceptors (Lipinski definition) is 5. The normalized spacial score (nSPS) is 12.9. The molecular formula is C26H26N4O3S. The number of aromatic amines is 1. The van der Waals surface area contributed by atoms with E-state index in [0.717, 1.165) is 71.4 Å². The van der Waals surface area contributed by atoms with Crippen LogP contribution in [0.25, 0.3) is 11.0 Å². The van der Waals surface area contributed by atoms with Gasteiger partial charge in [0.1, 0.15) is 10.8 Å². The Bertz CT molecular complexity index is 1310. The Morgan fingerprint density at radius 1 is 1.03 bits per heavy atom. The summed E-state index contributed by atoms with van der Waals surface area (Å²) in [6, 6.07) is 15.4. The molecular weight excluding hydrogens is 448 g/mol. The molecule has 4 aromatic rings. The number of thiophene rings is 1. The Morgan fingerprint density at radius 3 is 2.62 bits per heavy atom. The molecule has 2 amide bonds. The van der Waals surface area contributed by atoms with E-state index in [1.54, 1.807) is 0 Å². The van der Waals surface area contributed by atoms with Gasteiger partial charge < -0.3 is 15.0 Å². The van der Waals surface area contributed by atoms with E-state index in [2.05, 4.69) is 20.6 Å². The van der Waals surface area contributed by atoms with Crippen molar-refractivity contribution < 1.29 is 14.3 Å². The highest BCUT2D eigenvalue weighted by Crippen LogP contribution is 2.38. The van der Waals surface area contributed by atoms with Crippen molar-refractivity contribution in [2.24, 2.45) is 0 Å². The molecule has 2 heterocycles. The maximum atomic E-state index is 12.7. The lowest BCUT2D eigenvalue weighted by molar-refractivity contribution is 0.0601. The number of urea groups is 1. The first kappa shape index (κ1) is 22.2. The van der Waals surface area contributed by atoms with E-state index in [4.69, 9.17) is 4.74 Å². The summed E-state index contributed by atoms with van der Waals surface area (Å²) < 4.78 is 4.98. The number of nitrogens with zero attached hydrogens (tertiary/aromatic N) is 1. The second kappa shape index (κ2) is 9.69. The second-order valence-corrected chi connectivity index (χ2v) is 9.49. The average Bonchev–Trinajstić information content (AvgIpc) is 3.43. The van der Waals surface area contributed by atoms with Crippen molar-refractivity contribution in [3.8, 4) is 0 Å². The van der Waals surface area contributed by atoms with Crippen LogP contribution in [-0.4, -0.2) is 29.1 Å². The number of fused-ring (bicyclic) bond motifs is 2. The monoisotopic (exact) mass is 474 g/mol. The highest BCUT2D eigenvalue weighted by Gasteiger charge is 2.26. The molecule has 34 heavy (non-hydrogen) atoms. The van der Waals surface area contributed by atoms with Crippen LogP contribution in [0.15, 0.2) is 48.5 Å². The number of imidazole rings is 1. The number of benzene rings is 2. The minimum atomic E-state index is -0.400. The van der Waals surface area contributed by atoms with Crippen LogP contribution in [0.3, 0.4) is 0 Å². The summed E-state index contributed by atoms with van der Waals surface area (Å²) in [6.45, 7) is 0. The summed E-state index contributed by atoms with van der Waals surface area (Å²) >= 11 is 1.47. The van der Waals surface area contributed by atoms with Crippen LogP contribution >= 0.6 is 11.3 Å². The fraction of sp³-hybridized carbons (Fsp3) is 0.269. The first-order valence-electron chi connectivity index (χ1n) is 11.4. The smallest absolute Gasteiger partial charge is 0.341 e. The lowest BCUT2D eigenvalue weighted by Crippen LogP contribution is -2.20. The number of aromatic nitrogens is 2. The van der Waals surface area contributed by atoms with Crippen LogP contribution in [0, 0.1) is 0 Å². The predicted octanol–water partition coefficient (Wildman–Crippen LogP) is 5.72. The van der Waals surface area contributed by atoms with Crippen molar-refractivity contribution in [2.75, 3.05) is 17.7 Å². The number of amides is 2. The van der Waals surface area contributed by atoms with Gasteiger partial charge in [0.2, 0.25) is 0 Å². The SMILES string of the molecule is COC(=O)c1c(NC(=O)Nc2ccc(CCc3nc4ccccc4[nH]3)cc2)sc2c1CCCC2. The third kappa shape index (κ3) is 4.68. The minimum absolute atomic E-state index is 0.376. The number of anilines is 2. The van der Waals surface area contributed by atoms with Gasteiger partial charge in [-0.05, 0) is 67.5 Å². The Kier molecular flexibility index (Phi) is 6.31. The lowest BCUT2D eigenvalue weighted by atomic mass is 9.95. The highest BCUT2D eigenvalue weighted by atomic mass is 32.1. The first-order chi connectivity index (χ1) is 16.6. The molecule has 5 rings (SSSR count). The number of rotatable bonds is 6. The van der Waals surface area contributed by atoms with Gasteiger partial charge in [-0.25, -0.2) is 14.6 Å². The fourth-order valence-electron chi connectivity index (χ4n) is 4.38. The highest BCUT2D eigenvalue weighted by molar-refractivity contribution is 7.17. The Labute approximate surface area is 201 Å². The zero-order chi connectivity index (χ0) is 23.5. The number of aryl methyl sites for hydroxylation is 3. The Hall–Kier alpha value is -3.65. The molecule has 2 aromatic heterocycles. The number of nitrogens with one attached hydrogen (secondary N) is 3. The fourth-order valence-corrected chi connectivity index (χ4v) is 5.65. The standard InChI is InChI=1S/C26H26N4O3S/c1-33-25(31)23-18-6-2-5-9-21(18)34-24(23)30-26(32)27-17-13-10-16(11-14-17)12-15-22-28-19-7-3-4-8-20(19)29-22/h3-4,7-8,10-11,13-14H,2,5-6,9,12,15H2,1H3,(H,28,29)(H2,27,30,32). The Morgan fingerprint density at radius 2 is 1.82 bits per heavy atom. The van der Waals surface area contributed by atoms with Crippen molar-refractivity contribution >= 4 is 45.1 Å². The molecule has 0 atom stereocenters. The molecule has 3 N–H and O–H groups in total. The van der Waals surface area contributed by atoms with Crippen molar-refractivity contribution in [3.63, 3.8) is 0 Å². The van der Waals surface area contributed by atoms with Gasteiger partial charge in [-0.15, -0.1) is 11.3 Å². The molecule has 0 aliphatic heterocycles. The summed E-state index contributed by atoms with van der Waals surface area (Å²) in [6.07, 6.45) is 5.57. The third-order valence-corrected chi connectivity index (χ3v) is 7.30. The molecule has 8 heteroatoms. The van der Waals surface area contributed by atoms with Crippen molar-refractivity contribution in [1.29, 1.82) is 0 Å². The van der Waals surface area contributed by atoms with Crippen LogP contribution in [0.5, 0.6) is 0 Å². The summed E-state index contributed by atoms with van der Waals surface area (Å²) in [5.41, 5.74) is 5.39. The van der Waals surface area contributed by atoms with Gasteiger partial charge in [0.25, 0.3) is 0 Å². The van der Waals surface area contributed by atoms with Crippen molar-refractivity contribution in [2.45, 2.75) is 38.5 Å². The average molecular weight is 475 g/mol.